The smallest absolute Gasteiger partial charge is 0.321 e. The van der Waals surface area contributed by atoms with E-state index in [4.69, 9.17) is 4.74 Å². The second kappa shape index (κ2) is 37.0. The molecule has 1 aliphatic rings. The number of hydrogen-bond acceptors (Lipinski definition) is 2. The van der Waals surface area contributed by atoms with Crippen molar-refractivity contribution in [3.63, 3.8) is 0 Å². The van der Waals surface area contributed by atoms with Gasteiger partial charge >= 0.3 is 5.97 Å². The topological polar surface area (TPSA) is 26.3 Å². The van der Waals surface area contributed by atoms with Crippen molar-refractivity contribution in [2.75, 3.05) is 0 Å². The van der Waals surface area contributed by atoms with Crippen LogP contribution in [-0.2, 0) is 9.53 Å². The van der Waals surface area contributed by atoms with E-state index >= 15 is 0 Å². The molecule has 48 heavy (non-hydrogen) atoms. The molecule has 2 heteroatoms. The minimum Gasteiger partial charge on any atom is -0.430 e. The summed E-state index contributed by atoms with van der Waals surface area (Å²) in [7, 11) is 0. The number of hydrogen-bond donors (Lipinski definition) is 0. The molecule has 0 aromatic carbocycles. The van der Waals surface area contributed by atoms with Gasteiger partial charge in [-0.15, -0.1) is 0 Å². The van der Waals surface area contributed by atoms with Crippen LogP contribution in [0.25, 0.3) is 0 Å². The molecular formula is C46H84O2. The van der Waals surface area contributed by atoms with Gasteiger partial charge in [-0.2, -0.15) is 0 Å². The lowest BCUT2D eigenvalue weighted by Crippen LogP contribution is -2.32. The maximum atomic E-state index is 12.0. The van der Waals surface area contributed by atoms with Crippen molar-refractivity contribution in [3.8, 4) is 0 Å². The summed E-state index contributed by atoms with van der Waals surface area (Å²) >= 11 is 0. The van der Waals surface area contributed by atoms with E-state index in [1.165, 1.54) is 218 Å². The van der Waals surface area contributed by atoms with Gasteiger partial charge in [0.25, 0.3) is 0 Å². The van der Waals surface area contributed by atoms with Gasteiger partial charge in [0.15, 0.2) is 0 Å². The molecule has 0 aromatic rings. The zero-order chi connectivity index (χ0) is 34.4. The number of esters is 1. The fourth-order valence-electron chi connectivity index (χ4n) is 7.07. The highest BCUT2D eigenvalue weighted by Gasteiger charge is 2.36. The number of carbonyl (C=O) groups excluding carboxylic acids is 1. The summed E-state index contributed by atoms with van der Waals surface area (Å²) in [6.45, 7) is 4.50. The van der Waals surface area contributed by atoms with Crippen LogP contribution in [0.4, 0.5) is 0 Å². The average molecular weight is 669 g/mol. The highest BCUT2D eigenvalue weighted by Crippen LogP contribution is 2.32. The van der Waals surface area contributed by atoms with Crippen molar-refractivity contribution < 1.29 is 9.53 Å². The summed E-state index contributed by atoms with van der Waals surface area (Å²) in [6.07, 6.45) is 60.2. The number of rotatable bonds is 38. The van der Waals surface area contributed by atoms with E-state index in [1.54, 1.807) is 0 Å². The van der Waals surface area contributed by atoms with E-state index in [2.05, 4.69) is 44.2 Å². The Morgan fingerprint density at radius 3 is 1.02 bits per heavy atom. The van der Waals surface area contributed by atoms with Crippen LogP contribution in [0.3, 0.4) is 0 Å². The van der Waals surface area contributed by atoms with Gasteiger partial charge in [0.2, 0.25) is 0 Å². The van der Waals surface area contributed by atoms with Gasteiger partial charge in [-0.1, -0.05) is 212 Å². The normalized spacial score (nSPS) is 15.7. The van der Waals surface area contributed by atoms with Crippen LogP contribution in [0.15, 0.2) is 36.1 Å². The van der Waals surface area contributed by atoms with Gasteiger partial charge in [-0.05, 0) is 63.9 Å². The molecule has 0 bridgehead atoms. The fourth-order valence-corrected chi connectivity index (χ4v) is 7.07. The van der Waals surface area contributed by atoms with Crippen molar-refractivity contribution in [2.24, 2.45) is 5.92 Å². The lowest BCUT2D eigenvalue weighted by Gasteiger charge is -2.28. The van der Waals surface area contributed by atoms with Crippen molar-refractivity contribution in [2.45, 2.75) is 245 Å². The van der Waals surface area contributed by atoms with Gasteiger partial charge in [0.05, 0.1) is 0 Å². The molecule has 1 unspecified atom stereocenters. The molecule has 1 heterocycles. The van der Waals surface area contributed by atoms with Gasteiger partial charge in [-0.3, -0.25) is 4.79 Å². The molecule has 1 atom stereocenters. The Bertz CT molecular complexity index is 762. The van der Waals surface area contributed by atoms with Crippen molar-refractivity contribution in [3.05, 3.63) is 36.1 Å². The lowest BCUT2D eigenvalue weighted by molar-refractivity contribution is -0.157. The second-order valence-electron chi connectivity index (χ2n) is 15.2. The highest BCUT2D eigenvalue weighted by atomic mass is 16.6. The first-order chi connectivity index (χ1) is 23.8. The minimum absolute atomic E-state index is 0.0200. The molecule has 1 rings (SSSR count). The molecule has 0 amide bonds. The summed E-state index contributed by atoms with van der Waals surface area (Å²) in [4.78, 5) is 12.0. The molecule has 0 saturated carbocycles. The first kappa shape index (κ1) is 44.7. The van der Waals surface area contributed by atoms with Crippen molar-refractivity contribution in [1.82, 2.24) is 0 Å². The Balaban J connectivity index is 1.80. The minimum atomic E-state index is 0.0200. The van der Waals surface area contributed by atoms with Crippen LogP contribution in [0.2, 0.25) is 0 Å². The third kappa shape index (κ3) is 29.6. The predicted molar refractivity (Wildman–Crippen MR) is 214 cm³/mol. The number of unbranched alkanes of at least 4 members (excludes halogenated alkanes) is 31. The quantitative estimate of drug-likeness (QED) is 0.0372. The fraction of sp³-hybridized carbons (Fsp3) is 0.848. The molecule has 2 nitrogen and oxygen atoms in total. The Kier molecular flexibility index (Phi) is 34.4. The Labute approximate surface area is 301 Å². The Morgan fingerprint density at radius 1 is 0.396 bits per heavy atom. The summed E-state index contributed by atoms with van der Waals surface area (Å²) < 4.78 is 5.40. The van der Waals surface area contributed by atoms with E-state index in [1.807, 2.05) is 0 Å². The summed E-state index contributed by atoms with van der Waals surface area (Å²) in [5.41, 5.74) is 0. The number of cyclic esters (lactones) is 1. The van der Waals surface area contributed by atoms with E-state index in [9.17, 15) is 4.79 Å². The average Bonchev–Trinajstić information content (AvgIpc) is 3.09. The van der Waals surface area contributed by atoms with Crippen LogP contribution in [0.1, 0.15) is 245 Å². The van der Waals surface area contributed by atoms with Crippen LogP contribution >= 0.6 is 0 Å². The maximum Gasteiger partial charge on any atom is 0.321 e. The summed E-state index contributed by atoms with van der Waals surface area (Å²) in [6, 6.07) is 0. The molecule has 0 aliphatic carbocycles. The predicted octanol–water partition coefficient (Wildman–Crippen LogP) is 16.2. The third-order valence-electron chi connectivity index (χ3n) is 10.4. The first-order valence-electron chi connectivity index (χ1n) is 22.0. The SMILES string of the molecule is CCC/C=C/CCCCCCCCCCCCCCCC/C=C1/OC(=O)C1CCCCCCCCCCCCCCCC/C=C/CCC. The van der Waals surface area contributed by atoms with Crippen molar-refractivity contribution >= 4 is 5.97 Å². The zero-order valence-electron chi connectivity index (χ0n) is 32.7. The first-order valence-corrected chi connectivity index (χ1v) is 22.0. The van der Waals surface area contributed by atoms with E-state index in [0.29, 0.717) is 0 Å². The summed E-state index contributed by atoms with van der Waals surface area (Å²) in [5.74, 6) is 1.08. The standard InChI is InChI=1S/C46H84O2/c1-3-5-7-9-11-13-15-17-19-21-23-25-27-29-31-33-35-37-39-41-43-45-44(46(47)48-45)42-40-38-36-34-32-30-28-26-24-22-20-18-16-14-12-10-8-6-4-2/h7-10,43-44H,3-6,11-42H2,1-2H3/b9-7+,10-8+,45-43+. The van der Waals surface area contributed by atoms with Gasteiger partial charge < -0.3 is 4.74 Å². The number of carbonyl (C=O) groups is 1. The van der Waals surface area contributed by atoms with Gasteiger partial charge in [0.1, 0.15) is 11.7 Å². The Morgan fingerprint density at radius 2 is 0.688 bits per heavy atom. The zero-order valence-corrected chi connectivity index (χ0v) is 32.7. The molecule has 0 spiro atoms. The molecule has 1 fully saturated rings. The largest absolute Gasteiger partial charge is 0.430 e. The van der Waals surface area contributed by atoms with Gasteiger partial charge in [0, 0.05) is 0 Å². The molecule has 0 aromatic heterocycles. The molecule has 280 valence electrons. The van der Waals surface area contributed by atoms with E-state index < -0.39 is 0 Å². The third-order valence-corrected chi connectivity index (χ3v) is 10.4. The summed E-state index contributed by atoms with van der Waals surface area (Å²) in [5, 5.41) is 0. The Hall–Kier alpha value is -1.31. The number of ether oxygens (including phenoxy) is 1. The lowest BCUT2D eigenvalue weighted by atomic mass is 9.93. The van der Waals surface area contributed by atoms with E-state index in [0.717, 1.165) is 18.6 Å². The molecule has 1 aliphatic heterocycles. The second-order valence-corrected chi connectivity index (χ2v) is 15.2. The van der Waals surface area contributed by atoms with Crippen molar-refractivity contribution in [1.29, 1.82) is 0 Å². The van der Waals surface area contributed by atoms with Crippen LogP contribution in [-0.4, -0.2) is 5.97 Å². The number of allylic oxidation sites excluding steroid dienone is 5. The highest BCUT2D eigenvalue weighted by molar-refractivity contribution is 5.82. The molecule has 0 radical (unpaired) electrons. The van der Waals surface area contributed by atoms with Crippen LogP contribution < -0.4 is 0 Å². The van der Waals surface area contributed by atoms with Gasteiger partial charge in [-0.25, -0.2) is 0 Å². The monoisotopic (exact) mass is 669 g/mol. The molecular weight excluding hydrogens is 585 g/mol. The van der Waals surface area contributed by atoms with E-state index in [-0.39, 0.29) is 11.9 Å². The molecule has 0 N–H and O–H groups in total. The van der Waals surface area contributed by atoms with Crippen LogP contribution in [0.5, 0.6) is 0 Å². The van der Waals surface area contributed by atoms with Crippen LogP contribution in [0, 0.1) is 5.92 Å². The maximum absolute atomic E-state index is 12.0. The molecule has 1 saturated heterocycles.